The predicted molar refractivity (Wildman–Crippen MR) is 75.0 cm³/mol. The molecule has 16 heavy (non-hydrogen) atoms. The molecule has 1 rings (SSSR count). The number of rotatable bonds is 6. The first-order chi connectivity index (χ1) is 7.65. The largest absolute Gasteiger partial charge is 0.389 e. The fourth-order valence-electron chi connectivity index (χ4n) is 1.28. The molecular weight excluding hydrogens is 288 g/mol. The van der Waals surface area contributed by atoms with Crippen molar-refractivity contribution in [1.82, 2.24) is 0 Å². The van der Waals surface area contributed by atoms with Gasteiger partial charge in [0.15, 0.2) is 0 Å². The van der Waals surface area contributed by atoms with E-state index in [0.717, 1.165) is 28.9 Å². The zero-order chi connectivity index (χ0) is 12.0. The van der Waals surface area contributed by atoms with Gasteiger partial charge in [0.1, 0.15) is 4.99 Å². The molecule has 0 saturated carbocycles. The highest BCUT2D eigenvalue weighted by atomic mass is 79.9. The van der Waals surface area contributed by atoms with E-state index in [2.05, 4.69) is 21.2 Å². The van der Waals surface area contributed by atoms with E-state index in [1.54, 1.807) is 0 Å². The van der Waals surface area contributed by atoms with Gasteiger partial charge in [-0.15, -0.1) is 0 Å². The number of benzene rings is 1. The van der Waals surface area contributed by atoms with Crippen LogP contribution in [0.15, 0.2) is 22.7 Å². The smallest absolute Gasteiger partial charge is 0.106 e. The molecule has 0 aliphatic rings. The summed E-state index contributed by atoms with van der Waals surface area (Å²) in [5.41, 5.74) is 7.43. The molecule has 1 aromatic carbocycles. The number of hydrogen-bond donors (Lipinski definition) is 2. The van der Waals surface area contributed by atoms with E-state index < -0.39 is 0 Å². The monoisotopic (exact) mass is 302 g/mol. The number of halogens is 1. The molecule has 0 aliphatic heterocycles. The molecule has 5 heteroatoms. The maximum atomic E-state index is 5.64. The lowest BCUT2D eigenvalue weighted by atomic mass is 10.2. The van der Waals surface area contributed by atoms with Crippen LogP contribution < -0.4 is 11.1 Å². The minimum Gasteiger partial charge on any atom is -0.389 e. The van der Waals surface area contributed by atoms with Crippen LogP contribution in [0.2, 0.25) is 0 Å². The SMILES string of the molecule is CCOCCNc1cc(Br)ccc1C(N)=S. The van der Waals surface area contributed by atoms with Crippen LogP contribution in [0, 0.1) is 0 Å². The Hall–Kier alpha value is -0.650. The van der Waals surface area contributed by atoms with Crippen molar-refractivity contribution in [2.24, 2.45) is 5.73 Å². The van der Waals surface area contributed by atoms with Crippen LogP contribution in [0.25, 0.3) is 0 Å². The Bertz CT molecular complexity index is 371. The van der Waals surface area contributed by atoms with Gasteiger partial charge in [-0.05, 0) is 25.1 Å². The van der Waals surface area contributed by atoms with Gasteiger partial charge in [0.25, 0.3) is 0 Å². The molecule has 88 valence electrons. The number of nitrogens with one attached hydrogen (secondary N) is 1. The topological polar surface area (TPSA) is 47.3 Å². The van der Waals surface area contributed by atoms with Crippen LogP contribution in [-0.2, 0) is 4.74 Å². The Morgan fingerprint density at radius 3 is 2.94 bits per heavy atom. The summed E-state index contributed by atoms with van der Waals surface area (Å²) in [5, 5.41) is 3.25. The van der Waals surface area contributed by atoms with Crippen molar-refractivity contribution in [2.75, 3.05) is 25.1 Å². The highest BCUT2D eigenvalue weighted by Crippen LogP contribution is 2.21. The van der Waals surface area contributed by atoms with E-state index in [0.29, 0.717) is 11.6 Å². The molecule has 3 N–H and O–H groups in total. The third-order valence-electron chi connectivity index (χ3n) is 2.01. The maximum Gasteiger partial charge on any atom is 0.106 e. The third kappa shape index (κ3) is 4.08. The lowest BCUT2D eigenvalue weighted by molar-refractivity contribution is 0.158. The minimum atomic E-state index is 0.395. The molecule has 0 amide bonds. The summed E-state index contributed by atoms with van der Waals surface area (Å²) in [6.07, 6.45) is 0. The number of nitrogens with two attached hydrogens (primary N) is 1. The minimum absolute atomic E-state index is 0.395. The Morgan fingerprint density at radius 2 is 2.31 bits per heavy atom. The highest BCUT2D eigenvalue weighted by Gasteiger charge is 2.04. The van der Waals surface area contributed by atoms with Crippen LogP contribution in [-0.4, -0.2) is 24.7 Å². The second kappa shape index (κ2) is 6.83. The standard InChI is InChI=1S/C11H15BrN2OS/c1-2-15-6-5-14-10-7-8(12)3-4-9(10)11(13)16/h3-4,7,14H,2,5-6H2,1H3,(H2,13,16). The van der Waals surface area contributed by atoms with Gasteiger partial charge in [-0.3, -0.25) is 0 Å². The number of hydrogen-bond acceptors (Lipinski definition) is 3. The van der Waals surface area contributed by atoms with Gasteiger partial charge >= 0.3 is 0 Å². The van der Waals surface area contributed by atoms with Crippen molar-refractivity contribution in [3.05, 3.63) is 28.2 Å². The van der Waals surface area contributed by atoms with E-state index in [4.69, 9.17) is 22.7 Å². The quantitative estimate of drug-likeness (QED) is 0.626. The molecule has 0 heterocycles. The normalized spacial score (nSPS) is 10.1. The summed E-state index contributed by atoms with van der Waals surface area (Å²) in [6.45, 7) is 4.10. The summed E-state index contributed by atoms with van der Waals surface area (Å²) in [4.78, 5) is 0.395. The van der Waals surface area contributed by atoms with Crippen molar-refractivity contribution >= 4 is 38.8 Å². The van der Waals surface area contributed by atoms with Crippen molar-refractivity contribution in [2.45, 2.75) is 6.92 Å². The van der Waals surface area contributed by atoms with E-state index in [1.165, 1.54) is 0 Å². The second-order valence-corrected chi connectivity index (χ2v) is 4.53. The summed E-state index contributed by atoms with van der Waals surface area (Å²) >= 11 is 8.40. The fraction of sp³-hybridized carbons (Fsp3) is 0.364. The van der Waals surface area contributed by atoms with E-state index >= 15 is 0 Å². The fourth-order valence-corrected chi connectivity index (χ4v) is 1.82. The van der Waals surface area contributed by atoms with Crippen LogP contribution >= 0.6 is 28.1 Å². The molecule has 0 aromatic heterocycles. The molecule has 0 spiro atoms. The van der Waals surface area contributed by atoms with Gasteiger partial charge < -0.3 is 15.8 Å². The zero-order valence-electron chi connectivity index (χ0n) is 9.13. The van der Waals surface area contributed by atoms with Crippen molar-refractivity contribution < 1.29 is 4.74 Å². The molecular formula is C11H15BrN2OS. The zero-order valence-corrected chi connectivity index (χ0v) is 11.5. The Kier molecular flexibility index (Phi) is 5.73. The van der Waals surface area contributed by atoms with Crippen LogP contribution in [0.5, 0.6) is 0 Å². The first kappa shape index (κ1) is 13.4. The lowest BCUT2D eigenvalue weighted by Crippen LogP contribution is -2.15. The van der Waals surface area contributed by atoms with Gasteiger partial charge in [-0.1, -0.05) is 28.1 Å². The molecule has 0 aliphatic carbocycles. The first-order valence-electron chi connectivity index (χ1n) is 5.06. The van der Waals surface area contributed by atoms with Crippen molar-refractivity contribution in [3.63, 3.8) is 0 Å². The predicted octanol–water partition coefficient (Wildman–Crippen LogP) is 2.53. The molecule has 3 nitrogen and oxygen atoms in total. The Labute approximate surface area is 109 Å². The Balaban J connectivity index is 2.68. The average molecular weight is 303 g/mol. The second-order valence-electron chi connectivity index (χ2n) is 3.18. The first-order valence-corrected chi connectivity index (χ1v) is 6.26. The van der Waals surface area contributed by atoms with Gasteiger partial charge in [0.2, 0.25) is 0 Å². The summed E-state index contributed by atoms with van der Waals surface area (Å²) in [5.74, 6) is 0. The molecule has 0 bridgehead atoms. The highest BCUT2D eigenvalue weighted by molar-refractivity contribution is 9.10. The van der Waals surface area contributed by atoms with Gasteiger partial charge in [-0.2, -0.15) is 0 Å². The lowest BCUT2D eigenvalue weighted by Gasteiger charge is -2.11. The van der Waals surface area contributed by atoms with Crippen LogP contribution in [0.4, 0.5) is 5.69 Å². The van der Waals surface area contributed by atoms with E-state index in [1.807, 2.05) is 25.1 Å². The summed E-state index contributed by atoms with van der Waals surface area (Å²) < 4.78 is 6.24. The molecule has 0 radical (unpaired) electrons. The van der Waals surface area contributed by atoms with E-state index in [-0.39, 0.29) is 0 Å². The number of anilines is 1. The number of thiocarbonyl (C=S) groups is 1. The average Bonchev–Trinajstić information content (AvgIpc) is 2.24. The molecule has 0 saturated heterocycles. The molecule has 0 atom stereocenters. The van der Waals surface area contributed by atoms with Crippen LogP contribution in [0.3, 0.4) is 0 Å². The molecule has 1 aromatic rings. The van der Waals surface area contributed by atoms with Crippen LogP contribution in [0.1, 0.15) is 12.5 Å². The van der Waals surface area contributed by atoms with Gasteiger partial charge in [-0.25, -0.2) is 0 Å². The van der Waals surface area contributed by atoms with Crippen molar-refractivity contribution in [3.8, 4) is 0 Å². The maximum absolute atomic E-state index is 5.64. The number of ether oxygens (including phenoxy) is 1. The van der Waals surface area contributed by atoms with Gasteiger partial charge in [0.05, 0.1) is 6.61 Å². The third-order valence-corrected chi connectivity index (χ3v) is 2.73. The van der Waals surface area contributed by atoms with Gasteiger partial charge in [0, 0.05) is 28.9 Å². The van der Waals surface area contributed by atoms with E-state index in [9.17, 15) is 0 Å². The summed E-state index contributed by atoms with van der Waals surface area (Å²) in [7, 11) is 0. The molecule has 0 fully saturated rings. The Morgan fingerprint density at radius 1 is 1.56 bits per heavy atom. The van der Waals surface area contributed by atoms with Crippen molar-refractivity contribution in [1.29, 1.82) is 0 Å². The molecule has 0 unspecified atom stereocenters. The summed E-state index contributed by atoms with van der Waals surface area (Å²) in [6, 6.07) is 5.78.